The minimum atomic E-state index is -1.18. The molecule has 0 spiro atoms. The summed E-state index contributed by atoms with van der Waals surface area (Å²) in [5.74, 6) is -2.48. The van der Waals surface area contributed by atoms with Crippen LogP contribution in [0.25, 0.3) is 11.0 Å². The van der Waals surface area contributed by atoms with Crippen LogP contribution in [0.1, 0.15) is 37.6 Å². The Labute approximate surface area is 217 Å². The number of para-hydroxylation sites is 2. The quantitative estimate of drug-likeness (QED) is 0.229. The van der Waals surface area contributed by atoms with Gasteiger partial charge in [0.2, 0.25) is 0 Å². The van der Waals surface area contributed by atoms with Gasteiger partial charge in [0.15, 0.2) is 0 Å². The Bertz CT molecular complexity index is 1370. The van der Waals surface area contributed by atoms with Crippen LogP contribution in [0, 0.1) is 19.8 Å². The van der Waals surface area contributed by atoms with Gasteiger partial charge in [0.25, 0.3) is 11.5 Å². The number of esters is 1. The lowest BCUT2D eigenvalue weighted by Gasteiger charge is -2.22. The summed E-state index contributed by atoms with van der Waals surface area (Å²) in [6.45, 7) is 9.36. The number of hydrazone groups is 1. The van der Waals surface area contributed by atoms with Crippen molar-refractivity contribution in [2.75, 3.05) is 12.4 Å². The highest BCUT2D eigenvalue weighted by Crippen LogP contribution is 2.25. The van der Waals surface area contributed by atoms with Gasteiger partial charge in [0.05, 0.1) is 18.1 Å². The van der Waals surface area contributed by atoms with Crippen LogP contribution in [-0.4, -0.2) is 40.2 Å². The number of hydrogen-bond acceptors (Lipinski definition) is 7. The number of benzene rings is 2. The fourth-order valence-electron chi connectivity index (χ4n) is 3.63. The maximum absolute atomic E-state index is 13.6. The van der Waals surface area contributed by atoms with E-state index in [0.717, 1.165) is 15.6 Å². The van der Waals surface area contributed by atoms with Gasteiger partial charge in [-0.3, -0.25) is 14.4 Å². The molecular weight excluding hydrogens is 526 g/mol. The second-order valence-corrected chi connectivity index (χ2v) is 10.5. The summed E-state index contributed by atoms with van der Waals surface area (Å²) >= 11 is 3.45. The number of halogens is 1. The Kier molecular flexibility index (Phi) is 8.29. The predicted octanol–water partition coefficient (Wildman–Crippen LogP) is 4.02. The number of aromatic amines is 1. The number of carbonyl (C=O) groups excluding carboxylic acids is 2. The Hall–Kier alpha value is -3.53. The molecule has 0 aliphatic rings. The van der Waals surface area contributed by atoms with Gasteiger partial charge >= 0.3 is 5.97 Å². The number of aryl methyl sites for hydroxylation is 2. The molecule has 0 saturated heterocycles. The normalized spacial score (nSPS) is 12.8. The van der Waals surface area contributed by atoms with Crippen LogP contribution in [-0.2, 0) is 20.7 Å². The molecule has 0 saturated carbocycles. The first-order valence-electron chi connectivity index (χ1n) is 11.4. The minimum absolute atomic E-state index is 0.0939. The Morgan fingerprint density at radius 2 is 1.81 bits per heavy atom. The molecule has 190 valence electrons. The fourth-order valence-corrected chi connectivity index (χ4v) is 4.32. The van der Waals surface area contributed by atoms with Crippen LogP contribution in [0.5, 0.6) is 0 Å². The van der Waals surface area contributed by atoms with Crippen LogP contribution < -0.4 is 16.3 Å². The van der Waals surface area contributed by atoms with Crippen LogP contribution in [0.15, 0.2) is 50.8 Å². The Morgan fingerprint density at radius 1 is 1.17 bits per heavy atom. The van der Waals surface area contributed by atoms with Crippen molar-refractivity contribution in [1.82, 2.24) is 15.4 Å². The van der Waals surface area contributed by atoms with Crippen molar-refractivity contribution in [2.45, 2.75) is 46.6 Å². The second-order valence-electron chi connectivity index (χ2n) is 9.54. The molecule has 0 unspecified atom stereocenters. The fraction of sp³-hybridized carbons (Fsp3) is 0.346. The molecule has 3 N–H and O–H groups in total. The van der Waals surface area contributed by atoms with Gasteiger partial charge in [-0.1, -0.05) is 28.1 Å². The SMILES string of the molecule is COC(=O)[C@H](Cc1nc2ccccc2[nH]c1=O)/C(=N\NC(C)(C)C)C(=O)Nc1c(C)cc(Br)cc1C. The third-order valence-corrected chi connectivity index (χ3v) is 5.82. The lowest BCUT2D eigenvalue weighted by atomic mass is 9.96. The summed E-state index contributed by atoms with van der Waals surface area (Å²) in [6.07, 6.45) is -0.177. The van der Waals surface area contributed by atoms with E-state index in [1.54, 1.807) is 24.3 Å². The third-order valence-electron chi connectivity index (χ3n) is 5.36. The van der Waals surface area contributed by atoms with Crippen molar-refractivity contribution >= 4 is 50.2 Å². The monoisotopic (exact) mass is 555 g/mol. The van der Waals surface area contributed by atoms with Crippen molar-refractivity contribution < 1.29 is 14.3 Å². The molecule has 0 aliphatic heterocycles. The number of rotatable bonds is 7. The number of nitrogens with zero attached hydrogens (tertiary/aromatic N) is 2. The summed E-state index contributed by atoms with van der Waals surface area (Å²) in [5.41, 5.74) is 5.36. The largest absolute Gasteiger partial charge is 0.468 e. The van der Waals surface area contributed by atoms with Gasteiger partial charge in [-0.25, -0.2) is 4.98 Å². The van der Waals surface area contributed by atoms with E-state index >= 15 is 0 Å². The van der Waals surface area contributed by atoms with Gasteiger partial charge in [-0.2, -0.15) is 5.10 Å². The average Bonchev–Trinajstić information content (AvgIpc) is 2.79. The number of fused-ring (bicyclic) bond motifs is 1. The Morgan fingerprint density at radius 3 is 2.42 bits per heavy atom. The molecule has 0 radical (unpaired) electrons. The summed E-state index contributed by atoms with van der Waals surface area (Å²) < 4.78 is 5.90. The first-order chi connectivity index (χ1) is 16.9. The van der Waals surface area contributed by atoms with Gasteiger partial charge < -0.3 is 20.5 Å². The molecule has 9 nitrogen and oxygen atoms in total. The summed E-state index contributed by atoms with van der Waals surface area (Å²) in [4.78, 5) is 46.5. The average molecular weight is 556 g/mol. The topological polar surface area (TPSA) is 126 Å². The number of amides is 1. The van der Waals surface area contributed by atoms with Crippen molar-refractivity contribution in [3.8, 4) is 0 Å². The van der Waals surface area contributed by atoms with E-state index in [-0.39, 0.29) is 17.8 Å². The van der Waals surface area contributed by atoms with Crippen LogP contribution >= 0.6 is 15.9 Å². The number of anilines is 1. The molecule has 0 bridgehead atoms. The van der Waals surface area contributed by atoms with E-state index in [1.807, 2.05) is 46.8 Å². The van der Waals surface area contributed by atoms with Gasteiger partial charge in [-0.05, 0) is 70.0 Å². The van der Waals surface area contributed by atoms with Crippen LogP contribution in [0.3, 0.4) is 0 Å². The van der Waals surface area contributed by atoms with E-state index in [1.165, 1.54) is 7.11 Å². The number of carbonyl (C=O) groups is 2. The summed E-state index contributed by atoms with van der Waals surface area (Å²) in [6, 6.07) is 10.8. The number of methoxy groups -OCH3 is 1. The standard InChI is InChI=1S/C26H30BrN5O4/c1-14-11-16(27)12-15(2)21(14)30-24(34)22(31-32-26(3,4)5)17(25(35)36-6)13-20-23(33)29-19-10-8-7-9-18(19)28-20/h7-12,17,32H,13H2,1-6H3,(H,29,33)(H,30,34)/b31-22+/t17-/m1/s1. The van der Waals surface area contributed by atoms with Crippen molar-refractivity contribution in [1.29, 1.82) is 0 Å². The molecule has 3 aromatic rings. The molecule has 0 fully saturated rings. The summed E-state index contributed by atoms with van der Waals surface area (Å²) in [5, 5.41) is 7.22. The maximum atomic E-state index is 13.6. The van der Waals surface area contributed by atoms with Crippen LogP contribution in [0.2, 0.25) is 0 Å². The number of aromatic nitrogens is 2. The highest BCUT2D eigenvalue weighted by molar-refractivity contribution is 9.10. The predicted molar refractivity (Wildman–Crippen MR) is 144 cm³/mol. The highest BCUT2D eigenvalue weighted by atomic mass is 79.9. The molecule has 1 heterocycles. The van der Waals surface area contributed by atoms with E-state index in [0.29, 0.717) is 16.7 Å². The first kappa shape index (κ1) is 27.1. The number of H-pyrrole nitrogens is 1. The molecule has 36 heavy (non-hydrogen) atoms. The molecule has 1 atom stereocenters. The lowest BCUT2D eigenvalue weighted by molar-refractivity contribution is -0.143. The number of ether oxygens (including phenoxy) is 1. The molecule has 1 amide bonds. The van der Waals surface area contributed by atoms with Crippen LogP contribution in [0.4, 0.5) is 5.69 Å². The van der Waals surface area contributed by atoms with E-state index in [9.17, 15) is 14.4 Å². The number of hydrogen-bond donors (Lipinski definition) is 3. The Balaban J connectivity index is 2.07. The number of nitrogens with one attached hydrogen (secondary N) is 3. The van der Waals surface area contributed by atoms with E-state index in [4.69, 9.17) is 4.74 Å². The molecular formula is C26H30BrN5O4. The zero-order valence-corrected chi connectivity index (χ0v) is 22.7. The van der Waals surface area contributed by atoms with Gasteiger partial charge in [0.1, 0.15) is 17.3 Å². The summed E-state index contributed by atoms with van der Waals surface area (Å²) in [7, 11) is 1.23. The second kappa shape index (κ2) is 11.0. The zero-order valence-electron chi connectivity index (χ0n) is 21.2. The molecule has 0 aliphatic carbocycles. The van der Waals surface area contributed by atoms with Crippen molar-refractivity contribution in [3.63, 3.8) is 0 Å². The first-order valence-corrected chi connectivity index (χ1v) is 12.2. The molecule has 2 aromatic carbocycles. The van der Waals surface area contributed by atoms with Crippen molar-refractivity contribution in [2.24, 2.45) is 11.0 Å². The van der Waals surface area contributed by atoms with Gasteiger partial charge in [-0.15, -0.1) is 0 Å². The van der Waals surface area contributed by atoms with Crippen molar-refractivity contribution in [3.05, 3.63) is 68.0 Å². The smallest absolute Gasteiger partial charge is 0.315 e. The van der Waals surface area contributed by atoms with E-state index < -0.39 is 28.9 Å². The highest BCUT2D eigenvalue weighted by Gasteiger charge is 2.33. The molecule has 1 aromatic heterocycles. The molecule has 3 rings (SSSR count). The zero-order chi connectivity index (χ0) is 26.6. The minimum Gasteiger partial charge on any atom is -0.468 e. The third kappa shape index (κ3) is 6.57. The maximum Gasteiger partial charge on any atom is 0.315 e. The lowest BCUT2D eigenvalue weighted by Crippen LogP contribution is -2.41. The van der Waals surface area contributed by atoms with E-state index in [2.05, 4.69) is 41.7 Å². The molecule has 10 heteroatoms. The van der Waals surface area contributed by atoms with Gasteiger partial charge in [0, 0.05) is 22.1 Å².